The van der Waals surface area contributed by atoms with Crippen molar-refractivity contribution in [3.8, 4) is 0 Å². The van der Waals surface area contributed by atoms with Gasteiger partial charge in [-0.15, -0.1) is 0 Å². The van der Waals surface area contributed by atoms with Gasteiger partial charge in [-0.25, -0.2) is 0 Å². The summed E-state index contributed by atoms with van der Waals surface area (Å²) in [5.74, 6) is 0.754. The Morgan fingerprint density at radius 1 is 1.31 bits per heavy atom. The number of likely N-dealkylation sites (tertiary alicyclic amines) is 1. The molecule has 2 heterocycles. The van der Waals surface area contributed by atoms with Gasteiger partial charge in [-0.1, -0.05) is 6.42 Å². The van der Waals surface area contributed by atoms with Crippen LogP contribution in [0.2, 0.25) is 0 Å². The lowest BCUT2D eigenvalue weighted by Gasteiger charge is -2.29. The van der Waals surface area contributed by atoms with E-state index in [4.69, 9.17) is 4.74 Å². The molecule has 16 heavy (non-hydrogen) atoms. The summed E-state index contributed by atoms with van der Waals surface area (Å²) in [5, 5.41) is 3.65. The van der Waals surface area contributed by atoms with E-state index in [-0.39, 0.29) is 0 Å². The van der Waals surface area contributed by atoms with Crippen LogP contribution >= 0.6 is 0 Å². The molecule has 94 valence electrons. The Hall–Kier alpha value is -0.120. The van der Waals surface area contributed by atoms with Gasteiger partial charge in [0.05, 0.1) is 6.61 Å². The predicted molar refractivity (Wildman–Crippen MR) is 66.7 cm³/mol. The van der Waals surface area contributed by atoms with Gasteiger partial charge in [0.2, 0.25) is 0 Å². The Bertz CT molecular complexity index is 186. The van der Waals surface area contributed by atoms with E-state index in [0.717, 1.165) is 25.7 Å². The van der Waals surface area contributed by atoms with Gasteiger partial charge in [-0.2, -0.15) is 0 Å². The largest absolute Gasteiger partial charge is 0.381 e. The van der Waals surface area contributed by atoms with Crippen LogP contribution in [-0.2, 0) is 4.74 Å². The third-order valence-corrected chi connectivity index (χ3v) is 3.76. The normalized spacial score (nSPS) is 29.4. The molecule has 2 atom stereocenters. The highest BCUT2D eigenvalue weighted by Crippen LogP contribution is 2.12. The van der Waals surface area contributed by atoms with Crippen molar-refractivity contribution in [3.05, 3.63) is 0 Å². The summed E-state index contributed by atoms with van der Waals surface area (Å²) in [6.45, 7) is 9.19. The minimum absolute atomic E-state index is 0.624. The molecule has 2 saturated heterocycles. The van der Waals surface area contributed by atoms with Gasteiger partial charge in [0.1, 0.15) is 0 Å². The first-order valence-corrected chi connectivity index (χ1v) is 6.88. The van der Waals surface area contributed by atoms with Crippen molar-refractivity contribution < 1.29 is 4.74 Å². The van der Waals surface area contributed by atoms with Crippen molar-refractivity contribution in [2.24, 2.45) is 5.92 Å². The number of rotatable bonds is 5. The molecule has 0 radical (unpaired) electrons. The summed E-state index contributed by atoms with van der Waals surface area (Å²) in [6, 6.07) is 0.624. The zero-order chi connectivity index (χ0) is 11.2. The maximum Gasteiger partial charge on any atom is 0.0507 e. The third-order valence-electron chi connectivity index (χ3n) is 3.76. The minimum atomic E-state index is 0.624. The van der Waals surface area contributed by atoms with E-state index in [9.17, 15) is 0 Å². The smallest absolute Gasteiger partial charge is 0.0507 e. The van der Waals surface area contributed by atoms with E-state index in [1.165, 1.54) is 45.3 Å². The highest BCUT2D eigenvalue weighted by molar-refractivity contribution is 4.74. The van der Waals surface area contributed by atoms with Crippen molar-refractivity contribution in [2.45, 2.75) is 38.6 Å². The van der Waals surface area contributed by atoms with E-state index in [1.807, 2.05) is 0 Å². The summed E-state index contributed by atoms with van der Waals surface area (Å²) >= 11 is 0. The highest BCUT2D eigenvalue weighted by atomic mass is 16.5. The number of nitrogens with one attached hydrogen (secondary N) is 1. The molecule has 0 bridgehead atoms. The van der Waals surface area contributed by atoms with Gasteiger partial charge in [-0.05, 0) is 45.2 Å². The highest BCUT2D eigenvalue weighted by Gasteiger charge is 2.17. The summed E-state index contributed by atoms with van der Waals surface area (Å²) < 4.78 is 5.39. The Morgan fingerprint density at radius 3 is 2.81 bits per heavy atom. The average Bonchev–Trinajstić information content (AvgIpc) is 2.81. The third kappa shape index (κ3) is 4.04. The fourth-order valence-corrected chi connectivity index (χ4v) is 2.71. The molecule has 2 aliphatic rings. The van der Waals surface area contributed by atoms with Crippen LogP contribution in [0, 0.1) is 5.92 Å². The van der Waals surface area contributed by atoms with Crippen molar-refractivity contribution in [1.29, 1.82) is 0 Å². The monoisotopic (exact) mass is 226 g/mol. The molecule has 0 aliphatic carbocycles. The van der Waals surface area contributed by atoms with Crippen LogP contribution in [-0.4, -0.2) is 50.3 Å². The molecule has 2 aliphatic heterocycles. The Kier molecular flexibility index (Phi) is 5.07. The topological polar surface area (TPSA) is 24.5 Å². The number of piperidine rings is 1. The maximum atomic E-state index is 5.39. The number of ether oxygens (including phenoxy) is 1. The molecular weight excluding hydrogens is 200 g/mol. The molecule has 3 heteroatoms. The van der Waals surface area contributed by atoms with Crippen LogP contribution < -0.4 is 5.32 Å². The van der Waals surface area contributed by atoms with Crippen LogP contribution in [0.25, 0.3) is 0 Å². The van der Waals surface area contributed by atoms with Gasteiger partial charge < -0.3 is 15.0 Å². The van der Waals surface area contributed by atoms with Crippen LogP contribution in [0.3, 0.4) is 0 Å². The molecule has 0 spiro atoms. The number of hydrogen-bond acceptors (Lipinski definition) is 3. The molecule has 0 amide bonds. The lowest BCUT2D eigenvalue weighted by atomic mass is 10.1. The molecule has 0 aromatic carbocycles. The van der Waals surface area contributed by atoms with Gasteiger partial charge in [0.15, 0.2) is 0 Å². The molecular formula is C13H26N2O. The van der Waals surface area contributed by atoms with Crippen molar-refractivity contribution in [3.63, 3.8) is 0 Å². The zero-order valence-electron chi connectivity index (χ0n) is 10.6. The predicted octanol–water partition coefficient (Wildman–Crippen LogP) is 1.49. The Morgan fingerprint density at radius 2 is 2.12 bits per heavy atom. The SMILES string of the molecule is CC(CN1CCCCC1)NCC1CCOC1. The maximum absolute atomic E-state index is 5.39. The van der Waals surface area contributed by atoms with E-state index < -0.39 is 0 Å². The molecule has 0 saturated carbocycles. The first-order valence-electron chi connectivity index (χ1n) is 6.88. The van der Waals surface area contributed by atoms with E-state index in [2.05, 4.69) is 17.1 Å². The molecule has 0 aromatic heterocycles. The van der Waals surface area contributed by atoms with Gasteiger partial charge in [-0.3, -0.25) is 0 Å². The molecule has 2 fully saturated rings. The van der Waals surface area contributed by atoms with Gasteiger partial charge >= 0.3 is 0 Å². The van der Waals surface area contributed by atoms with Crippen LogP contribution in [0.4, 0.5) is 0 Å². The van der Waals surface area contributed by atoms with Crippen LogP contribution in [0.15, 0.2) is 0 Å². The van der Waals surface area contributed by atoms with Gasteiger partial charge in [0, 0.05) is 25.7 Å². The molecule has 2 rings (SSSR count). The average molecular weight is 226 g/mol. The second-order valence-corrected chi connectivity index (χ2v) is 5.40. The second-order valence-electron chi connectivity index (χ2n) is 5.40. The van der Waals surface area contributed by atoms with Crippen molar-refractivity contribution in [1.82, 2.24) is 10.2 Å². The Labute approximate surface area is 99.5 Å². The first kappa shape index (κ1) is 12.3. The summed E-state index contributed by atoms with van der Waals surface area (Å²) in [4.78, 5) is 2.60. The lowest BCUT2D eigenvalue weighted by molar-refractivity contribution is 0.181. The molecule has 3 nitrogen and oxygen atoms in total. The molecule has 2 unspecified atom stereocenters. The minimum Gasteiger partial charge on any atom is -0.381 e. The summed E-state index contributed by atoms with van der Waals surface area (Å²) in [7, 11) is 0. The molecule has 0 aromatic rings. The van der Waals surface area contributed by atoms with Gasteiger partial charge in [0.25, 0.3) is 0 Å². The molecule has 1 N–H and O–H groups in total. The van der Waals surface area contributed by atoms with Crippen molar-refractivity contribution >= 4 is 0 Å². The fourth-order valence-electron chi connectivity index (χ4n) is 2.71. The number of nitrogens with zero attached hydrogens (tertiary/aromatic N) is 1. The Balaban J connectivity index is 1.57. The fraction of sp³-hybridized carbons (Fsp3) is 1.00. The van der Waals surface area contributed by atoms with Crippen LogP contribution in [0.1, 0.15) is 32.6 Å². The van der Waals surface area contributed by atoms with E-state index in [1.54, 1.807) is 0 Å². The quantitative estimate of drug-likeness (QED) is 0.768. The number of hydrogen-bond donors (Lipinski definition) is 1. The summed E-state index contributed by atoms with van der Waals surface area (Å²) in [5.41, 5.74) is 0. The van der Waals surface area contributed by atoms with E-state index >= 15 is 0 Å². The second kappa shape index (κ2) is 6.58. The van der Waals surface area contributed by atoms with Crippen molar-refractivity contribution in [2.75, 3.05) is 39.4 Å². The zero-order valence-corrected chi connectivity index (χ0v) is 10.6. The van der Waals surface area contributed by atoms with Crippen LogP contribution in [0.5, 0.6) is 0 Å². The lowest BCUT2D eigenvalue weighted by Crippen LogP contribution is -2.42. The standard InChI is InChI=1S/C13H26N2O/c1-12(10-15-6-3-2-4-7-15)14-9-13-5-8-16-11-13/h12-14H,2-11H2,1H3. The first-order chi connectivity index (χ1) is 7.84. The summed E-state index contributed by atoms with van der Waals surface area (Å²) in [6.07, 6.45) is 5.45. The van der Waals surface area contributed by atoms with E-state index in [0.29, 0.717) is 6.04 Å².